The Morgan fingerprint density at radius 1 is 0.411 bits per heavy atom. The third-order valence-electron chi connectivity index (χ3n) is 13.2. The first-order chi connectivity index (χ1) is 35.6. The summed E-state index contributed by atoms with van der Waals surface area (Å²) in [6.07, 6.45) is 66.9. The Morgan fingerprint density at radius 3 is 1.10 bits per heavy atom. The normalized spacial score (nSPS) is 13.2. The van der Waals surface area contributed by atoms with Gasteiger partial charge in [0.1, 0.15) is 13.2 Å². The lowest BCUT2D eigenvalue weighted by Gasteiger charge is -2.26. The number of esters is 2. The van der Waals surface area contributed by atoms with Crippen LogP contribution in [0.3, 0.4) is 0 Å². The standard InChI is InChI=1S/C64H115NO8/c1-6-8-10-12-14-16-18-20-22-24-26-28-30-31-33-34-36-38-40-42-44-46-48-50-52-54-61(66)71-58-60(59-72-64(63(68)69)70-57-56-65(3,4)5)73-62(67)55-53-51-49-47-45-43-41-39-37-35-32-29-27-25-23-21-19-17-15-13-11-9-7-2/h18-21,24-27,32,35,60,64H,6-17,22-23,28-31,33-34,36-59H2,1-5H3/b20-18-,21-19-,26-24-,27-25-,35-32-. The number of carbonyl (C=O) groups is 3. The van der Waals surface area contributed by atoms with Gasteiger partial charge in [0.15, 0.2) is 12.4 Å². The molecule has 0 amide bonds. The van der Waals surface area contributed by atoms with Gasteiger partial charge in [0, 0.05) is 12.8 Å². The number of unbranched alkanes of at least 4 members (excludes halogenated alkanes) is 31. The summed E-state index contributed by atoms with van der Waals surface area (Å²) in [5.41, 5.74) is 0. The van der Waals surface area contributed by atoms with E-state index in [-0.39, 0.29) is 38.6 Å². The Kier molecular flexibility index (Phi) is 53.0. The molecule has 0 aliphatic rings. The van der Waals surface area contributed by atoms with Crippen LogP contribution in [-0.2, 0) is 33.3 Å². The smallest absolute Gasteiger partial charge is 0.306 e. The molecule has 0 rings (SSSR count). The van der Waals surface area contributed by atoms with Crippen LogP contribution in [0.15, 0.2) is 60.8 Å². The van der Waals surface area contributed by atoms with Gasteiger partial charge >= 0.3 is 11.9 Å². The molecule has 9 nitrogen and oxygen atoms in total. The Balaban J connectivity index is 4.23. The number of carbonyl (C=O) groups excluding carboxylic acids is 3. The number of rotatable bonds is 56. The molecule has 0 heterocycles. The van der Waals surface area contributed by atoms with Crippen molar-refractivity contribution in [2.24, 2.45) is 0 Å². The van der Waals surface area contributed by atoms with Crippen molar-refractivity contribution in [3.63, 3.8) is 0 Å². The van der Waals surface area contributed by atoms with Gasteiger partial charge in [0.05, 0.1) is 40.3 Å². The van der Waals surface area contributed by atoms with Crippen LogP contribution < -0.4 is 5.11 Å². The number of aliphatic carboxylic acids is 1. The molecule has 2 unspecified atom stereocenters. The summed E-state index contributed by atoms with van der Waals surface area (Å²) < 4.78 is 22.7. The fourth-order valence-corrected chi connectivity index (χ4v) is 8.52. The lowest BCUT2D eigenvalue weighted by Crippen LogP contribution is -2.44. The minimum Gasteiger partial charge on any atom is -0.545 e. The molecule has 2 atom stereocenters. The van der Waals surface area contributed by atoms with Gasteiger partial charge in [0.25, 0.3) is 0 Å². The molecule has 73 heavy (non-hydrogen) atoms. The summed E-state index contributed by atoms with van der Waals surface area (Å²) in [5.74, 6) is -2.29. The average molecular weight is 1030 g/mol. The molecular weight excluding hydrogens is 911 g/mol. The van der Waals surface area contributed by atoms with E-state index in [0.29, 0.717) is 17.4 Å². The van der Waals surface area contributed by atoms with Crippen LogP contribution >= 0.6 is 0 Å². The van der Waals surface area contributed by atoms with Crippen LogP contribution in [0.5, 0.6) is 0 Å². The van der Waals surface area contributed by atoms with Crippen molar-refractivity contribution < 1.29 is 42.9 Å². The highest BCUT2D eigenvalue weighted by Gasteiger charge is 2.22. The van der Waals surface area contributed by atoms with E-state index in [0.717, 1.165) is 64.2 Å². The number of hydrogen-bond donors (Lipinski definition) is 0. The van der Waals surface area contributed by atoms with Crippen molar-refractivity contribution in [3.05, 3.63) is 60.8 Å². The lowest BCUT2D eigenvalue weighted by atomic mass is 10.0. The Hall–Kier alpha value is -3.01. The topological polar surface area (TPSA) is 111 Å². The zero-order chi connectivity index (χ0) is 53.4. The van der Waals surface area contributed by atoms with Crippen molar-refractivity contribution in [1.29, 1.82) is 0 Å². The van der Waals surface area contributed by atoms with E-state index in [1.807, 2.05) is 21.1 Å². The van der Waals surface area contributed by atoms with Crippen LogP contribution in [0.4, 0.5) is 0 Å². The second-order valence-electron chi connectivity index (χ2n) is 21.6. The Morgan fingerprint density at radius 2 is 0.740 bits per heavy atom. The number of nitrogens with zero attached hydrogens (tertiary/aromatic N) is 1. The predicted molar refractivity (Wildman–Crippen MR) is 306 cm³/mol. The van der Waals surface area contributed by atoms with Crippen LogP contribution in [-0.4, -0.2) is 82.3 Å². The third kappa shape index (κ3) is 56.6. The summed E-state index contributed by atoms with van der Waals surface area (Å²) in [4.78, 5) is 37.3. The first-order valence-electron chi connectivity index (χ1n) is 30.4. The fourth-order valence-electron chi connectivity index (χ4n) is 8.52. The molecule has 0 aromatic rings. The molecule has 0 spiro atoms. The molecule has 0 aliphatic carbocycles. The monoisotopic (exact) mass is 1030 g/mol. The second-order valence-corrected chi connectivity index (χ2v) is 21.6. The summed E-state index contributed by atoms with van der Waals surface area (Å²) in [6.45, 7) is 4.74. The van der Waals surface area contributed by atoms with E-state index in [1.54, 1.807) is 0 Å². The number of ether oxygens (including phenoxy) is 4. The Bertz CT molecular complexity index is 1380. The van der Waals surface area contributed by atoms with Gasteiger partial charge < -0.3 is 33.3 Å². The molecule has 9 heteroatoms. The largest absolute Gasteiger partial charge is 0.545 e. The minimum atomic E-state index is -1.63. The molecule has 0 aromatic carbocycles. The molecule has 0 saturated heterocycles. The average Bonchev–Trinajstić information content (AvgIpc) is 3.36. The van der Waals surface area contributed by atoms with Gasteiger partial charge in [-0.2, -0.15) is 0 Å². The highest BCUT2D eigenvalue weighted by molar-refractivity contribution is 5.70. The third-order valence-corrected chi connectivity index (χ3v) is 13.2. The van der Waals surface area contributed by atoms with Gasteiger partial charge in [-0.3, -0.25) is 9.59 Å². The highest BCUT2D eigenvalue weighted by Crippen LogP contribution is 2.16. The lowest BCUT2D eigenvalue weighted by molar-refractivity contribution is -0.870. The number of likely N-dealkylation sites (N-methyl/N-ethyl adjacent to an activating group) is 1. The SMILES string of the molecule is CCCCCCC/C=C\C/C=C\C/C=C\CCCCCCCCCCC(=O)OC(COC(=O)CCCCCCCCCCCCCCC/C=C\C/C=C\CCCCCCC)COC(OCC[N+](C)(C)C)C(=O)[O-]. The van der Waals surface area contributed by atoms with Crippen molar-refractivity contribution in [2.75, 3.05) is 47.5 Å². The van der Waals surface area contributed by atoms with Crippen molar-refractivity contribution in [1.82, 2.24) is 0 Å². The van der Waals surface area contributed by atoms with Gasteiger partial charge in [-0.15, -0.1) is 0 Å². The van der Waals surface area contributed by atoms with Crippen molar-refractivity contribution >= 4 is 17.9 Å². The van der Waals surface area contributed by atoms with E-state index in [4.69, 9.17) is 18.9 Å². The molecule has 0 bridgehead atoms. The van der Waals surface area contributed by atoms with E-state index < -0.39 is 24.3 Å². The summed E-state index contributed by atoms with van der Waals surface area (Å²) in [6, 6.07) is 0. The molecule has 0 fully saturated rings. The van der Waals surface area contributed by atoms with Gasteiger partial charge in [-0.05, 0) is 83.5 Å². The maximum Gasteiger partial charge on any atom is 0.306 e. The quantitative estimate of drug-likeness (QED) is 0.0195. The van der Waals surface area contributed by atoms with Crippen molar-refractivity contribution in [2.45, 2.75) is 283 Å². The predicted octanol–water partition coefficient (Wildman–Crippen LogP) is 16.7. The molecular formula is C64H115NO8. The zero-order valence-corrected chi connectivity index (χ0v) is 48.3. The molecule has 0 radical (unpaired) electrons. The molecule has 424 valence electrons. The summed E-state index contributed by atoms with van der Waals surface area (Å²) in [5, 5.41) is 11.8. The molecule has 0 saturated carbocycles. The molecule has 0 aromatic heterocycles. The number of carboxylic acids is 1. The second kappa shape index (κ2) is 55.2. The van der Waals surface area contributed by atoms with Crippen LogP contribution in [0, 0.1) is 0 Å². The number of quaternary nitrogens is 1. The molecule has 0 aliphatic heterocycles. The van der Waals surface area contributed by atoms with E-state index in [2.05, 4.69) is 74.6 Å². The first-order valence-corrected chi connectivity index (χ1v) is 30.4. The van der Waals surface area contributed by atoms with Crippen molar-refractivity contribution in [3.8, 4) is 0 Å². The minimum absolute atomic E-state index is 0.145. The maximum atomic E-state index is 12.9. The number of allylic oxidation sites excluding steroid dienone is 10. The summed E-state index contributed by atoms with van der Waals surface area (Å²) in [7, 11) is 5.92. The summed E-state index contributed by atoms with van der Waals surface area (Å²) >= 11 is 0. The van der Waals surface area contributed by atoms with E-state index >= 15 is 0 Å². The number of carboxylic acid groups (broad SMARTS) is 1. The fraction of sp³-hybridized carbons (Fsp3) is 0.797. The van der Waals surface area contributed by atoms with E-state index in [1.165, 1.54) is 173 Å². The van der Waals surface area contributed by atoms with Crippen LogP contribution in [0.1, 0.15) is 271 Å². The molecule has 0 N–H and O–H groups in total. The maximum absolute atomic E-state index is 12.9. The first kappa shape index (κ1) is 70.0. The Labute approximate surface area is 450 Å². The van der Waals surface area contributed by atoms with Gasteiger partial charge in [-0.25, -0.2) is 0 Å². The van der Waals surface area contributed by atoms with Crippen LogP contribution in [0.2, 0.25) is 0 Å². The number of hydrogen-bond acceptors (Lipinski definition) is 8. The van der Waals surface area contributed by atoms with Gasteiger partial charge in [-0.1, -0.05) is 235 Å². The van der Waals surface area contributed by atoms with Gasteiger partial charge in [0.2, 0.25) is 0 Å². The highest BCUT2D eigenvalue weighted by atomic mass is 16.7. The van der Waals surface area contributed by atoms with E-state index in [9.17, 15) is 19.5 Å². The zero-order valence-electron chi connectivity index (χ0n) is 48.3. The van der Waals surface area contributed by atoms with Crippen LogP contribution in [0.25, 0.3) is 0 Å².